The number of nitrogens with one attached hydrogen (secondary N) is 2. The van der Waals surface area contributed by atoms with Gasteiger partial charge in [-0.15, -0.1) is 0 Å². The number of anilines is 2. The summed E-state index contributed by atoms with van der Waals surface area (Å²) < 4.78 is 52.9. The first-order valence-corrected chi connectivity index (χ1v) is 17.6. The maximum Gasteiger partial charge on any atom is 0.433 e. The highest BCUT2D eigenvalue weighted by Gasteiger charge is 2.33. The smallest absolute Gasteiger partial charge is 0.433 e. The highest BCUT2D eigenvalue weighted by atomic mass is 35.5. The molecule has 53 heavy (non-hydrogen) atoms. The first-order chi connectivity index (χ1) is 25.3. The second-order valence-electron chi connectivity index (χ2n) is 13.3. The number of nitrogens with two attached hydrogens (primary N) is 1. The molecule has 0 unspecified atom stereocenters. The first kappa shape index (κ1) is 37.4. The van der Waals surface area contributed by atoms with Crippen molar-refractivity contribution in [2.45, 2.75) is 50.7 Å². The van der Waals surface area contributed by atoms with Gasteiger partial charge in [-0.3, -0.25) is 14.3 Å². The van der Waals surface area contributed by atoms with E-state index in [4.69, 9.17) is 31.9 Å². The number of rotatable bonds is 10. The number of pyridine rings is 1. The Kier molecular flexibility index (Phi) is 11.1. The van der Waals surface area contributed by atoms with Gasteiger partial charge in [-0.2, -0.15) is 18.3 Å². The number of nitrogens with zero attached hydrogens (tertiary/aromatic N) is 4. The first-order valence-electron chi connectivity index (χ1n) is 17.2. The molecule has 6 rings (SSSR count). The number of hydrogen-bond acceptors (Lipinski definition) is 7. The van der Waals surface area contributed by atoms with E-state index in [2.05, 4.69) is 22.2 Å². The van der Waals surface area contributed by atoms with Crippen molar-refractivity contribution in [3.8, 4) is 5.75 Å². The van der Waals surface area contributed by atoms with Crippen molar-refractivity contribution in [2.75, 3.05) is 37.4 Å². The Bertz CT molecular complexity index is 2020. The van der Waals surface area contributed by atoms with E-state index < -0.39 is 23.8 Å². The van der Waals surface area contributed by atoms with E-state index in [-0.39, 0.29) is 40.9 Å². The molecule has 4 N–H and O–H groups in total. The maximum atomic E-state index is 13.1. The highest BCUT2D eigenvalue weighted by molar-refractivity contribution is 6.33. The lowest BCUT2D eigenvalue weighted by atomic mass is 9.85. The van der Waals surface area contributed by atoms with Crippen LogP contribution in [0.5, 0.6) is 5.75 Å². The average molecular weight is 754 g/mol. The zero-order chi connectivity index (χ0) is 37.9. The van der Waals surface area contributed by atoms with Crippen LogP contribution in [0.15, 0.2) is 67.1 Å². The second kappa shape index (κ2) is 15.7. The molecule has 12 nitrogen and oxygen atoms in total. The number of amides is 4. The third-order valence-electron chi connectivity index (χ3n) is 9.77. The topological polar surface area (TPSA) is 154 Å². The van der Waals surface area contributed by atoms with Crippen molar-refractivity contribution >= 4 is 51.7 Å². The molecule has 16 heteroatoms. The molecular formula is C37H39ClF3N7O5. The van der Waals surface area contributed by atoms with Crippen LogP contribution in [0, 0.1) is 11.8 Å². The number of halogens is 4. The minimum absolute atomic E-state index is 0.134. The molecule has 1 aliphatic carbocycles. The Morgan fingerprint density at radius 2 is 1.74 bits per heavy atom. The summed E-state index contributed by atoms with van der Waals surface area (Å²) >= 11 is 6.11. The van der Waals surface area contributed by atoms with Gasteiger partial charge in [0.2, 0.25) is 0 Å². The highest BCUT2D eigenvalue weighted by Crippen LogP contribution is 2.38. The molecule has 1 saturated carbocycles. The summed E-state index contributed by atoms with van der Waals surface area (Å²) in [6.07, 6.45) is 2.24. The number of ether oxygens (including phenoxy) is 2. The molecule has 0 bridgehead atoms. The largest absolute Gasteiger partial charge is 0.498 e. The van der Waals surface area contributed by atoms with Gasteiger partial charge in [-0.05, 0) is 80.8 Å². The summed E-state index contributed by atoms with van der Waals surface area (Å²) in [7, 11) is 1.43. The lowest BCUT2D eigenvalue weighted by molar-refractivity contribution is -0.141. The monoisotopic (exact) mass is 753 g/mol. The fourth-order valence-corrected chi connectivity index (χ4v) is 6.97. The van der Waals surface area contributed by atoms with Crippen molar-refractivity contribution in [3.63, 3.8) is 0 Å². The number of carbonyl (C=O) groups excluding carboxylic acids is 3. The van der Waals surface area contributed by atoms with Gasteiger partial charge in [0.05, 0.1) is 47.4 Å². The number of benzene rings is 2. The summed E-state index contributed by atoms with van der Waals surface area (Å²) in [5, 5.41) is 10.8. The normalized spacial score (nSPS) is 18.0. The molecule has 2 aromatic carbocycles. The molecule has 4 aromatic rings. The molecule has 0 atom stereocenters. The van der Waals surface area contributed by atoms with Gasteiger partial charge in [-0.1, -0.05) is 24.2 Å². The van der Waals surface area contributed by atoms with Crippen LogP contribution >= 0.6 is 11.6 Å². The minimum atomic E-state index is -4.68. The van der Waals surface area contributed by atoms with Crippen LogP contribution in [0.25, 0.3) is 10.9 Å². The standard InChI is InChI=1S/C37H39ClF3N7O5/c1-21(53-20-22-12-14-47(15-13-22)35(50)24-8-11-27(38)30(16-24)45-36(42)51)23-6-9-26(10-7-23)48-19-25-17-31(32(52-2)18-29(25)46-48)44-34(49)28-4-3-5-33(43-28)37(39,40)41/h3-5,8,11,16-19,22-23,26H,1,6-7,9-10,12-15,20H2,2H3,(H,44,49)(H3,42,45,51)/t23-,26-. The Morgan fingerprint density at radius 3 is 2.42 bits per heavy atom. The van der Waals surface area contributed by atoms with Gasteiger partial charge < -0.3 is 30.7 Å². The van der Waals surface area contributed by atoms with Gasteiger partial charge in [0.25, 0.3) is 11.8 Å². The molecule has 1 aliphatic heterocycles. The van der Waals surface area contributed by atoms with E-state index in [9.17, 15) is 27.6 Å². The predicted molar refractivity (Wildman–Crippen MR) is 193 cm³/mol. The second-order valence-corrected chi connectivity index (χ2v) is 13.7. The number of allylic oxidation sites excluding steroid dienone is 1. The van der Waals surface area contributed by atoms with Gasteiger partial charge in [0.15, 0.2) is 0 Å². The van der Waals surface area contributed by atoms with E-state index in [0.29, 0.717) is 41.5 Å². The number of fused-ring (bicyclic) bond motifs is 1. The van der Waals surface area contributed by atoms with Crippen molar-refractivity contribution in [1.82, 2.24) is 19.7 Å². The summed E-state index contributed by atoms with van der Waals surface area (Å²) in [4.78, 5) is 42.5. The van der Waals surface area contributed by atoms with Crippen LogP contribution < -0.4 is 21.1 Å². The fraction of sp³-hybridized carbons (Fsp3) is 0.378. The van der Waals surface area contributed by atoms with Crippen LogP contribution in [0.3, 0.4) is 0 Å². The van der Waals surface area contributed by atoms with Crippen LogP contribution in [0.4, 0.5) is 29.3 Å². The Morgan fingerprint density at radius 1 is 1.00 bits per heavy atom. The zero-order valence-corrected chi connectivity index (χ0v) is 29.7. The molecule has 0 spiro atoms. The van der Waals surface area contributed by atoms with Crippen molar-refractivity contribution < 1.29 is 37.0 Å². The summed E-state index contributed by atoms with van der Waals surface area (Å²) in [5.41, 5.74) is 5.32. The lowest BCUT2D eigenvalue weighted by Crippen LogP contribution is -2.39. The Hall–Kier alpha value is -5.31. The van der Waals surface area contributed by atoms with E-state index >= 15 is 0 Å². The van der Waals surface area contributed by atoms with Crippen molar-refractivity contribution in [1.29, 1.82) is 0 Å². The maximum absolute atomic E-state index is 13.1. The summed E-state index contributed by atoms with van der Waals surface area (Å²) in [6.45, 7) is 5.93. The molecule has 280 valence electrons. The number of hydrogen-bond donors (Lipinski definition) is 3. The molecule has 3 heterocycles. The van der Waals surface area contributed by atoms with Gasteiger partial charge in [0.1, 0.15) is 17.1 Å². The van der Waals surface area contributed by atoms with Crippen LogP contribution in [-0.4, -0.2) is 64.3 Å². The SMILES string of the molecule is C=C(OCC1CCN(C(=O)c2ccc(Cl)c(NC(N)=O)c2)CC1)[C@H]1CC[C@H](n2cc3cc(NC(=O)c4cccc(C(F)(F)F)n4)c(OC)cc3n2)CC1. The van der Waals surface area contributed by atoms with E-state index in [1.54, 1.807) is 29.2 Å². The molecule has 2 aliphatic rings. The minimum Gasteiger partial charge on any atom is -0.498 e. The van der Waals surface area contributed by atoms with Gasteiger partial charge >= 0.3 is 12.2 Å². The van der Waals surface area contributed by atoms with Crippen LogP contribution in [-0.2, 0) is 10.9 Å². The Labute approximate surface area is 308 Å². The van der Waals surface area contributed by atoms with Crippen molar-refractivity contribution in [3.05, 3.63) is 89.0 Å². The number of likely N-dealkylation sites (tertiary alicyclic amines) is 1. The Balaban J connectivity index is 0.985. The number of aromatic nitrogens is 3. The number of primary amides is 1. The quantitative estimate of drug-likeness (QED) is 0.141. The average Bonchev–Trinajstić information content (AvgIpc) is 3.57. The van der Waals surface area contributed by atoms with Crippen LogP contribution in [0.2, 0.25) is 5.02 Å². The van der Waals surface area contributed by atoms with Crippen LogP contribution in [0.1, 0.15) is 71.1 Å². The van der Waals surface area contributed by atoms with Gasteiger partial charge in [0, 0.05) is 42.2 Å². The third-order valence-corrected chi connectivity index (χ3v) is 10.1. The summed E-state index contributed by atoms with van der Waals surface area (Å²) in [5.74, 6) is 0.632. The third kappa shape index (κ3) is 8.84. The van der Waals surface area contributed by atoms with Gasteiger partial charge in [-0.25, -0.2) is 9.78 Å². The number of urea groups is 1. The number of alkyl halides is 3. The summed E-state index contributed by atoms with van der Waals surface area (Å²) in [6, 6.07) is 10.6. The molecule has 4 amide bonds. The van der Waals surface area contributed by atoms with E-state index in [1.807, 2.05) is 10.9 Å². The van der Waals surface area contributed by atoms with E-state index in [0.717, 1.165) is 61.8 Å². The lowest BCUT2D eigenvalue weighted by Gasteiger charge is -2.33. The van der Waals surface area contributed by atoms with Crippen molar-refractivity contribution in [2.24, 2.45) is 17.6 Å². The molecular weight excluding hydrogens is 715 g/mol. The number of piperidine rings is 1. The molecule has 1 saturated heterocycles. The molecule has 0 radical (unpaired) electrons. The molecule has 2 aromatic heterocycles. The fourth-order valence-electron chi connectivity index (χ4n) is 6.81. The number of carbonyl (C=O) groups is 3. The predicted octanol–water partition coefficient (Wildman–Crippen LogP) is 7.67. The number of methoxy groups -OCH3 is 1. The zero-order valence-electron chi connectivity index (χ0n) is 28.9. The molecule has 2 fully saturated rings. The van der Waals surface area contributed by atoms with E-state index in [1.165, 1.54) is 19.2 Å².